The molecule has 2 aromatic heterocycles. The van der Waals surface area contributed by atoms with Crippen LogP contribution in [0.25, 0.3) is 11.2 Å². The molecule has 3 heterocycles. The molecule has 0 spiro atoms. The Morgan fingerprint density at radius 3 is 2.11 bits per heavy atom. The van der Waals surface area contributed by atoms with Crippen molar-refractivity contribution in [2.24, 2.45) is 10.9 Å². The van der Waals surface area contributed by atoms with Crippen LogP contribution in [0.5, 0.6) is 11.5 Å². The van der Waals surface area contributed by atoms with E-state index in [0.717, 1.165) is 16.7 Å². The molecule has 14 heteroatoms. The summed E-state index contributed by atoms with van der Waals surface area (Å²) in [5.74, 6) is 1.14. The minimum Gasteiger partial charge on any atom is -0.497 e. The topological polar surface area (TPSA) is 155 Å². The fourth-order valence-electron chi connectivity index (χ4n) is 6.27. The second-order valence-electron chi connectivity index (χ2n) is 13.1. The second-order valence-corrected chi connectivity index (χ2v) is 13.1. The lowest BCUT2D eigenvalue weighted by Crippen LogP contribution is -2.40. The van der Waals surface area contributed by atoms with Crippen LogP contribution < -0.4 is 14.8 Å². The second kappa shape index (κ2) is 16.1. The lowest BCUT2D eigenvalue weighted by Gasteiger charge is -2.37. The number of amides is 1. The summed E-state index contributed by atoms with van der Waals surface area (Å²) in [5, 5.41) is 14.5. The van der Waals surface area contributed by atoms with Crippen LogP contribution in [0.3, 0.4) is 0 Å². The van der Waals surface area contributed by atoms with Gasteiger partial charge in [-0.2, -0.15) is 9.97 Å². The summed E-state index contributed by atoms with van der Waals surface area (Å²) < 4.78 is 32.1. The monoisotopic (exact) mass is 723 g/mol. The van der Waals surface area contributed by atoms with Gasteiger partial charge in [-0.1, -0.05) is 68.4 Å². The number of carbonyl (C=O) groups excluding carboxylic acids is 1. The number of rotatable bonds is 14. The third kappa shape index (κ3) is 7.57. The van der Waals surface area contributed by atoms with Crippen LogP contribution in [0.1, 0.15) is 36.8 Å². The predicted octanol–water partition coefficient (Wildman–Crippen LogP) is 4.94. The van der Waals surface area contributed by atoms with E-state index in [-0.39, 0.29) is 30.2 Å². The van der Waals surface area contributed by atoms with E-state index in [1.165, 1.54) is 13.4 Å². The summed E-state index contributed by atoms with van der Waals surface area (Å²) in [6.45, 7) is 3.51. The van der Waals surface area contributed by atoms with Gasteiger partial charge in [0.25, 0.3) is 0 Å². The number of aliphatic hydroxyl groups excluding tert-OH is 1. The standard InChI is InChI=1S/C39H45N7O7/c1-24(2)36(48)44-38-42-34(41-22-45(3)4)31-35(43-38)46(23-40-31)37-33(51-7)32(47)30(53-37)21-52-39(25-11-9-8-10-12-25,26-13-17-28(49-5)18-14-26)27-15-19-29(50-6)20-16-27/h8-20,22-24,30,32-33,37,47H,21H2,1-7H3,(H,42,43,44,48)/t30-,32-,33-,37-/m1/s1. The van der Waals surface area contributed by atoms with Crippen LogP contribution >= 0.6 is 0 Å². The minimum atomic E-state index is -1.14. The number of aliphatic imine (C=N–C) groups is 1. The summed E-state index contributed by atoms with van der Waals surface area (Å²) in [4.78, 5) is 32.6. The Morgan fingerprint density at radius 2 is 1.57 bits per heavy atom. The highest BCUT2D eigenvalue weighted by Crippen LogP contribution is 2.43. The van der Waals surface area contributed by atoms with Crippen molar-refractivity contribution >= 4 is 35.2 Å². The summed E-state index contributed by atoms with van der Waals surface area (Å²) >= 11 is 0. The number of hydrogen-bond donors (Lipinski definition) is 2. The van der Waals surface area contributed by atoms with E-state index in [4.69, 9.17) is 23.7 Å². The van der Waals surface area contributed by atoms with Crippen molar-refractivity contribution in [3.63, 3.8) is 0 Å². The molecule has 1 aliphatic rings. The lowest BCUT2D eigenvalue weighted by atomic mass is 9.80. The Morgan fingerprint density at radius 1 is 0.962 bits per heavy atom. The molecule has 1 saturated heterocycles. The Kier molecular flexibility index (Phi) is 11.3. The molecule has 6 rings (SSSR count). The fraction of sp³-hybridized carbons (Fsp3) is 0.359. The van der Waals surface area contributed by atoms with Gasteiger partial charge in [0.2, 0.25) is 11.9 Å². The highest BCUT2D eigenvalue weighted by Gasteiger charge is 2.48. The van der Waals surface area contributed by atoms with Crippen molar-refractivity contribution in [2.45, 2.75) is 44.0 Å². The van der Waals surface area contributed by atoms with E-state index in [1.54, 1.807) is 43.9 Å². The quantitative estimate of drug-likeness (QED) is 0.0910. The van der Waals surface area contributed by atoms with Gasteiger partial charge in [0.15, 0.2) is 23.2 Å². The summed E-state index contributed by atoms with van der Waals surface area (Å²) in [5.41, 5.74) is 2.10. The molecule has 2 N–H and O–H groups in total. The van der Waals surface area contributed by atoms with Gasteiger partial charge in [0.1, 0.15) is 35.4 Å². The zero-order chi connectivity index (χ0) is 37.7. The number of hydrogen-bond acceptors (Lipinski definition) is 11. The number of fused-ring (bicyclic) bond motifs is 1. The molecular formula is C39H45N7O7. The van der Waals surface area contributed by atoms with Gasteiger partial charge in [-0.25, -0.2) is 9.98 Å². The molecule has 53 heavy (non-hydrogen) atoms. The van der Waals surface area contributed by atoms with E-state index in [9.17, 15) is 9.90 Å². The van der Waals surface area contributed by atoms with E-state index < -0.39 is 30.1 Å². The normalized spacial score (nSPS) is 18.9. The third-order valence-electron chi connectivity index (χ3n) is 9.07. The molecule has 3 aromatic carbocycles. The highest BCUT2D eigenvalue weighted by atomic mass is 16.6. The SMILES string of the molecule is COc1ccc(C(OC[C@H]2O[C@@H](n3cnc4c(N=CN(C)C)nc(NC(=O)C(C)C)nc43)[C@H](OC)[C@@H]2O)(c2ccccc2)c2ccc(OC)cc2)cc1. The molecular weight excluding hydrogens is 678 g/mol. The molecule has 14 nitrogen and oxygen atoms in total. The number of carbonyl (C=O) groups is 1. The van der Waals surface area contributed by atoms with Crippen LogP contribution in [0.15, 0.2) is 90.2 Å². The molecule has 0 unspecified atom stereocenters. The van der Waals surface area contributed by atoms with Gasteiger partial charge in [0, 0.05) is 27.1 Å². The van der Waals surface area contributed by atoms with Gasteiger partial charge in [0.05, 0.1) is 33.5 Å². The number of ether oxygens (including phenoxy) is 5. The maximum atomic E-state index is 12.6. The number of benzene rings is 3. The van der Waals surface area contributed by atoms with E-state index in [0.29, 0.717) is 22.7 Å². The Labute approximate surface area is 308 Å². The van der Waals surface area contributed by atoms with Crippen LogP contribution in [-0.4, -0.2) is 102 Å². The maximum Gasteiger partial charge on any atom is 0.233 e. The third-order valence-corrected chi connectivity index (χ3v) is 9.07. The fourth-order valence-corrected chi connectivity index (χ4v) is 6.27. The van der Waals surface area contributed by atoms with Crippen LogP contribution in [-0.2, 0) is 24.6 Å². The molecule has 0 radical (unpaired) electrons. The predicted molar refractivity (Wildman–Crippen MR) is 200 cm³/mol. The first-order valence-electron chi connectivity index (χ1n) is 17.2. The molecule has 0 saturated carbocycles. The van der Waals surface area contributed by atoms with Crippen molar-refractivity contribution in [2.75, 3.05) is 47.3 Å². The average Bonchev–Trinajstić information content (AvgIpc) is 3.74. The number of imidazole rings is 1. The lowest BCUT2D eigenvalue weighted by molar-refractivity contribution is -0.118. The number of aliphatic hydroxyl groups is 1. The molecule has 4 atom stereocenters. The largest absolute Gasteiger partial charge is 0.497 e. The number of nitrogens with one attached hydrogen (secondary N) is 1. The molecule has 5 aromatic rings. The van der Waals surface area contributed by atoms with Crippen molar-refractivity contribution in [3.8, 4) is 11.5 Å². The zero-order valence-electron chi connectivity index (χ0n) is 30.8. The van der Waals surface area contributed by atoms with Crippen LogP contribution in [0.4, 0.5) is 11.8 Å². The van der Waals surface area contributed by atoms with Gasteiger partial charge in [-0.15, -0.1) is 0 Å². The number of nitrogens with zero attached hydrogens (tertiary/aromatic N) is 6. The van der Waals surface area contributed by atoms with E-state index in [2.05, 4.69) is 25.3 Å². The van der Waals surface area contributed by atoms with Gasteiger partial charge in [-0.05, 0) is 41.0 Å². The van der Waals surface area contributed by atoms with Gasteiger partial charge in [-0.3, -0.25) is 14.7 Å². The molecule has 1 amide bonds. The van der Waals surface area contributed by atoms with Crippen LogP contribution in [0, 0.1) is 5.92 Å². The molecule has 278 valence electrons. The van der Waals surface area contributed by atoms with Crippen molar-refractivity contribution in [1.29, 1.82) is 0 Å². The first kappa shape index (κ1) is 37.4. The average molecular weight is 724 g/mol. The minimum absolute atomic E-state index is 0.0415. The van der Waals surface area contributed by atoms with Crippen molar-refractivity contribution in [1.82, 2.24) is 24.4 Å². The summed E-state index contributed by atoms with van der Waals surface area (Å²) in [6.07, 6.45) is -0.563. The molecule has 1 fully saturated rings. The first-order chi connectivity index (χ1) is 25.6. The highest BCUT2D eigenvalue weighted by molar-refractivity contribution is 5.92. The molecule has 0 bridgehead atoms. The van der Waals surface area contributed by atoms with Gasteiger partial charge >= 0.3 is 0 Å². The first-order valence-corrected chi connectivity index (χ1v) is 17.2. The van der Waals surface area contributed by atoms with Crippen LogP contribution in [0.2, 0.25) is 0 Å². The summed E-state index contributed by atoms with van der Waals surface area (Å²) in [7, 11) is 8.41. The van der Waals surface area contributed by atoms with Crippen molar-refractivity contribution in [3.05, 3.63) is 102 Å². The number of anilines is 1. The van der Waals surface area contributed by atoms with E-state index >= 15 is 0 Å². The zero-order valence-corrected chi connectivity index (χ0v) is 30.8. The Bertz CT molecular complexity index is 1970. The van der Waals surface area contributed by atoms with Gasteiger partial charge < -0.3 is 33.7 Å². The summed E-state index contributed by atoms with van der Waals surface area (Å²) in [6, 6.07) is 25.3. The maximum absolute atomic E-state index is 12.6. The number of methoxy groups -OCH3 is 3. The van der Waals surface area contributed by atoms with E-state index in [1.807, 2.05) is 93.0 Å². The Balaban J connectivity index is 1.39. The molecule has 1 aliphatic heterocycles. The smallest absolute Gasteiger partial charge is 0.233 e. The molecule has 0 aliphatic carbocycles. The number of aromatic nitrogens is 4. The Hall–Kier alpha value is -5.41. The van der Waals surface area contributed by atoms with Crippen molar-refractivity contribution < 1.29 is 33.6 Å².